The number of esters is 1. The number of unbranched alkanes of at least 4 members (excludes halogenated alkanes) is 43. The minimum atomic E-state index is -4.45. The van der Waals surface area contributed by atoms with Gasteiger partial charge in [-0.25, -0.2) is 4.57 Å². The van der Waals surface area contributed by atoms with Crippen LogP contribution in [0.1, 0.15) is 342 Å². The van der Waals surface area contributed by atoms with Crippen LogP contribution >= 0.6 is 7.82 Å². The van der Waals surface area contributed by atoms with Crippen LogP contribution < -0.4 is 5.32 Å². The van der Waals surface area contributed by atoms with E-state index in [2.05, 4.69) is 50.4 Å². The van der Waals surface area contributed by atoms with Crippen molar-refractivity contribution in [3.8, 4) is 0 Å². The predicted molar refractivity (Wildman–Crippen MR) is 342 cm³/mol. The minimum absolute atomic E-state index is 0.0406. The van der Waals surface area contributed by atoms with Gasteiger partial charge in [0, 0.05) is 12.8 Å². The topological polar surface area (TPSA) is 111 Å². The largest absolute Gasteiger partial charge is 0.472 e. The van der Waals surface area contributed by atoms with Gasteiger partial charge in [0.2, 0.25) is 5.91 Å². The molecule has 3 atom stereocenters. The lowest BCUT2D eigenvalue weighted by molar-refractivity contribution is -0.870. The third kappa shape index (κ3) is 60.6. The van der Waals surface area contributed by atoms with E-state index >= 15 is 0 Å². The summed E-state index contributed by atoms with van der Waals surface area (Å²) < 4.78 is 30.7. The maximum Gasteiger partial charge on any atom is 0.472 e. The van der Waals surface area contributed by atoms with Crippen LogP contribution in [0.15, 0.2) is 36.5 Å². The van der Waals surface area contributed by atoms with Crippen LogP contribution in [0.25, 0.3) is 0 Å². The second-order valence-corrected chi connectivity index (χ2v) is 26.1. The van der Waals surface area contributed by atoms with Gasteiger partial charge in [0.05, 0.1) is 33.8 Å². The fraction of sp³-hybridized carbons (Fsp3) is 0.884. The molecule has 0 aromatic rings. The lowest BCUT2D eigenvalue weighted by Crippen LogP contribution is -2.47. The zero-order valence-electron chi connectivity index (χ0n) is 53.4. The molecule has 0 heterocycles. The molecule has 0 aliphatic heterocycles. The van der Waals surface area contributed by atoms with E-state index in [-0.39, 0.29) is 31.5 Å². The molecule has 79 heavy (non-hydrogen) atoms. The maximum absolute atomic E-state index is 13.6. The van der Waals surface area contributed by atoms with Crippen LogP contribution in [0.4, 0.5) is 0 Å². The van der Waals surface area contributed by atoms with Crippen LogP contribution in [-0.2, 0) is 27.9 Å². The molecule has 0 aromatic carbocycles. The Morgan fingerprint density at radius 2 is 0.734 bits per heavy atom. The Morgan fingerprint density at radius 3 is 1.09 bits per heavy atom. The number of amides is 1. The standard InChI is InChI=1S/C69H133N2O7P/c1-7-10-13-16-19-22-25-28-29-30-31-32-33-34-35-36-37-38-39-40-41-44-46-49-52-55-58-61-68(72)70-66(65-77-79(74,75)76-64-63-71(4,5)6)67(60-57-54-51-48-45-42-26-23-20-17-14-11-8-2)78-69(73)62-59-56-53-50-47-43-27-24-21-18-15-12-9-3/h28-29,43,47,57,60,66-67H,7-27,30-42,44-46,48-56,58-59,61-65H2,1-6H3,(H-,70,72,74,75)/p+1/b29-28+,47-43-,60-57-. The summed E-state index contributed by atoms with van der Waals surface area (Å²) in [4.78, 5) is 37.8. The van der Waals surface area contributed by atoms with E-state index in [4.69, 9.17) is 13.8 Å². The number of hydrogen-bond donors (Lipinski definition) is 2. The number of nitrogens with zero attached hydrogens (tertiary/aromatic N) is 1. The Kier molecular flexibility index (Phi) is 58.1. The second kappa shape index (κ2) is 59.4. The summed E-state index contributed by atoms with van der Waals surface area (Å²) in [6.45, 7) is 7.04. The molecule has 0 radical (unpaired) electrons. The molecule has 0 fully saturated rings. The van der Waals surface area contributed by atoms with Crippen LogP contribution in [-0.4, -0.2) is 74.3 Å². The van der Waals surface area contributed by atoms with Crippen molar-refractivity contribution in [2.75, 3.05) is 40.9 Å². The molecule has 0 aromatic heterocycles. The summed E-state index contributed by atoms with van der Waals surface area (Å²) >= 11 is 0. The van der Waals surface area contributed by atoms with E-state index in [1.807, 2.05) is 33.3 Å². The Hall–Kier alpha value is -1.77. The molecule has 0 bridgehead atoms. The van der Waals surface area contributed by atoms with E-state index < -0.39 is 20.0 Å². The number of phosphoric ester groups is 1. The highest BCUT2D eigenvalue weighted by atomic mass is 31.2. The van der Waals surface area contributed by atoms with Gasteiger partial charge in [-0.05, 0) is 83.1 Å². The number of quaternary nitrogens is 1. The van der Waals surface area contributed by atoms with Crippen LogP contribution in [0.5, 0.6) is 0 Å². The SMILES string of the molecule is CCCCCCCC/C=C\CCCCCC(=O)OC(/C=C\CCCCCCCCCCCCC)C(COP(=O)(O)OCC[N+](C)(C)C)NC(=O)CCCCCCCCCCCCCCCCCCC/C=C/CCCCCCCC. The molecular formula is C69H134N2O7P+. The summed E-state index contributed by atoms with van der Waals surface area (Å²) in [5.41, 5.74) is 0. The van der Waals surface area contributed by atoms with E-state index in [0.717, 1.165) is 70.6 Å². The van der Waals surface area contributed by atoms with Crippen molar-refractivity contribution in [1.82, 2.24) is 5.32 Å². The fourth-order valence-corrected chi connectivity index (χ4v) is 11.0. The number of hydrogen-bond acceptors (Lipinski definition) is 6. The summed E-state index contributed by atoms with van der Waals surface area (Å²) in [7, 11) is 1.50. The van der Waals surface area contributed by atoms with Gasteiger partial charge in [0.25, 0.3) is 0 Å². The number of allylic oxidation sites excluding steroid dienone is 5. The number of nitrogens with one attached hydrogen (secondary N) is 1. The highest BCUT2D eigenvalue weighted by Gasteiger charge is 2.30. The zero-order chi connectivity index (χ0) is 57.9. The Labute approximate surface area is 491 Å². The third-order valence-electron chi connectivity index (χ3n) is 15.6. The monoisotopic (exact) mass is 1130 g/mol. The predicted octanol–water partition coefficient (Wildman–Crippen LogP) is 21.5. The van der Waals surface area contributed by atoms with Crippen molar-refractivity contribution in [3.05, 3.63) is 36.5 Å². The van der Waals surface area contributed by atoms with Gasteiger partial charge in [0.15, 0.2) is 0 Å². The first-order valence-electron chi connectivity index (χ1n) is 34.3. The van der Waals surface area contributed by atoms with Crippen molar-refractivity contribution in [1.29, 1.82) is 0 Å². The molecule has 0 saturated heterocycles. The first kappa shape index (κ1) is 77.2. The van der Waals surface area contributed by atoms with E-state index in [9.17, 15) is 19.0 Å². The van der Waals surface area contributed by atoms with Gasteiger partial charge < -0.3 is 19.4 Å². The molecule has 10 heteroatoms. The van der Waals surface area contributed by atoms with Gasteiger partial charge in [-0.1, -0.05) is 282 Å². The Balaban J connectivity index is 5.00. The smallest absolute Gasteiger partial charge is 0.456 e. The minimum Gasteiger partial charge on any atom is -0.456 e. The molecular weight excluding hydrogens is 1000 g/mol. The van der Waals surface area contributed by atoms with E-state index in [1.54, 1.807) is 0 Å². The van der Waals surface area contributed by atoms with Gasteiger partial charge in [-0.15, -0.1) is 0 Å². The van der Waals surface area contributed by atoms with E-state index in [0.29, 0.717) is 17.4 Å². The van der Waals surface area contributed by atoms with Gasteiger partial charge in [-0.2, -0.15) is 0 Å². The van der Waals surface area contributed by atoms with Crippen molar-refractivity contribution in [2.24, 2.45) is 0 Å². The third-order valence-corrected chi connectivity index (χ3v) is 16.5. The lowest BCUT2D eigenvalue weighted by Gasteiger charge is -2.27. The summed E-state index contributed by atoms with van der Waals surface area (Å²) in [5, 5.41) is 3.07. The molecule has 466 valence electrons. The van der Waals surface area contributed by atoms with E-state index in [1.165, 1.54) is 238 Å². The summed E-state index contributed by atoms with van der Waals surface area (Å²) in [5.74, 6) is -0.508. The number of ether oxygens (including phenoxy) is 1. The Bertz CT molecular complexity index is 1450. The average Bonchev–Trinajstić information content (AvgIpc) is 3.41. The highest BCUT2D eigenvalue weighted by molar-refractivity contribution is 7.47. The lowest BCUT2D eigenvalue weighted by atomic mass is 10.0. The first-order valence-corrected chi connectivity index (χ1v) is 35.8. The van der Waals surface area contributed by atoms with Gasteiger partial charge in [0.1, 0.15) is 19.3 Å². The number of phosphoric acid groups is 1. The summed E-state index contributed by atoms with van der Waals surface area (Å²) in [6, 6.07) is -0.851. The van der Waals surface area contributed by atoms with Crippen molar-refractivity contribution < 1.29 is 37.3 Å². The van der Waals surface area contributed by atoms with Crippen LogP contribution in [0, 0.1) is 0 Å². The van der Waals surface area contributed by atoms with Crippen LogP contribution in [0.2, 0.25) is 0 Å². The molecule has 3 unspecified atom stereocenters. The molecule has 0 spiro atoms. The van der Waals surface area contributed by atoms with Crippen molar-refractivity contribution in [2.45, 2.75) is 354 Å². The van der Waals surface area contributed by atoms with Gasteiger partial charge >= 0.3 is 13.8 Å². The molecule has 0 aliphatic rings. The molecule has 9 nitrogen and oxygen atoms in total. The van der Waals surface area contributed by atoms with Crippen LogP contribution in [0.3, 0.4) is 0 Å². The van der Waals surface area contributed by atoms with Gasteiger partial charge in [-0.3, -0.25) is 18.6 Å². The fourth-order valence-electron chi connectivity index (χ4n) is 10.2. The molecule has 0 aliphatic carbocycles. The molecule has 1 amide bonds. The van der Waals surface area contributed by atoms with Crippen molar-refractivity contribution >= 4 is 19.7 Å². The quantitative estimate of drug-likeness (QED) is 0.0205. The highest BCUT2D eigenvalue weighted by Crippen LogP contribution is 2.43. The number of likely N-dealkylation sites (N-methyl/N-ethyl adjacent to an activating group) is 1. The zero-order valence-corrected chi connectivity index (χ0v) is 54.3. The first-order chi connectivity index (χ1) is 38.4. The normalized spacial score (nSPS) is 13.8. The second-order valence-electron chi connectivity index (χ2n) is 24.7. The summed E-state index contributed by atoms with van der Waals surface area (Å²) in [6.07, 6.45) is 73.0. The maximum atomic E-state index is 13.6. The number of rotatable bonds is 63. The average molecular weight is 1130 g/mol. The Morgan fingerprint density at radius 1 is 0.430 bits per heavy atom. The number of carbonyl (C=O) groups excluding carboxylic acids is 2. The number of carbonyl (C=O) groups is 2. The molecule has 2 N–H and O–H groups in total. The van der Waals surface area contributed by atoms with Crippen molar-refractivity contribution in [3.63, 3.8) is 0 Å². The molecule has 0 saturated carbocycles. The molecule has 0 rings (SSSR count).